The number of hydrogen-bond acceptors (Lipinski definition) is 5. The van der Waals surface area contributed by atoms with Crippen LogP contribution in [0.3, 0.4) is 0 Å². The second-order valence-electron chi connectivity index (χ2n) is 5.15. The first-order chi connectivity index (χ1) is 9.86. The molecular weight excluding hydrogens is 296 g/mol. The Balaban J connectivity index is 1.94. The summed E-state index contributed by atoms with van der Waals surface area (Å²) in [7, 11) is -3.17. The predicted molar refractivity (Wildman–Crippen MR) is 75.8 cm³/mol. The minimum Gasteiger partial charge on any atom is -0.492 e. The molecule has 8 heteroatoms. The van der Waals surface area contributed by atoms with E-state index in [1.54, 1.807) is 0 Å². The average molecular weight is 314 g/mol. The van der Waals surface area contributed by atoms with Gasteiger partial charge in [0.25, 0.3) is 0 Å². The predicted octanol–water partition coefficient (Wildman–Crippen LogP) is 0.830. The van der Waals surface area contributed by atoms with Crippen molar-refractivity contribution in [3.8, 4) is 5.75 Å². The number of ether oxygens (including phenoxy) is 1. The zero-order valence-electron chi connectivity index (χ0n) is 11.7. The molecule has 0 amide bonds. The number of carbonyl (C=O) groups is 1. The molecule has 1 aliphatic rings. The van der Waals surface area contributed by atoms with Gasteiger partial charge in [0.15, 0.2) is 0 Å². The van der Waals surface area contributed by atoms with Crippen LogP contribution in [0.15, 0.2) is 18.5 Å². The molecule has 7 nitrogen and oxygen atoms in total. The summed E-state index contributed by atoms with van der Waals surface area (Å²) in [5.74, 6) is -0.581. The van der Waals surface area contributed by atoms with E-state index in [2.05, 4.69) is 4.98 Å². The maximum absolute atomic E-state index is 11.5. The molecule has 1 aromatic rings. The Morgan fingerprint density at radius 1 is 1.52 bits per heavy atom. The van der Waals surface area contributed by atoms with Crippen LogP contribution in [-0.4, -0.2) is 54.7 Å². The van der Waals surface area contributed by atoms with Gasteiger partial charge in [0, 0.05) is 25.2 Å². The highest BCUT2D eigenvalue weighted by atomic mass is 32.2. The number of aromatic nitrogens is 1. The normalized spacial score (nSPS) is 20.1. The van der Waals surface area contributed by atoms with Gasteiger partial charge >= 0.3 is 5.97 Å². The quantitative estimate of drug-likeness (QED) is 0.864. The molecule has 1 fully saturated rings. The first-order valence-corrected chi connectivity index (χ1v) is 8.47. The number of nitrogens with zero attached hydrogens (tertiary/aromatic N) is 2. The van der Waals surface area contributed by atoms with Crippen molar-refractivity contribution in [1.82, 2.24) is 9.29 Å². The molecule has 0 saturated carbocycles. The van der Waals surface area contributed by atoms with Crippen molar-refractivity contribution >= 4 is 16.0 Å². The van der Waals surface area contributed by atoms with Crippen LogP contribution in [-0.2, 0) is 10.0 Å². The Kier molecular flexibility index (Phi) is 4.79. The van der Waals surface area contributed by atoms with Gasteiger partial charge in [0.1, 0.15) is 5.75 Å². The molecule has 116 valence electrons. The van der Waals surface area contributed by atoms with Gasteiger partial charge in [0.05, 0.1) is 24.6 Å². The smallest absolute Gasteiger partial charge is 0.337 e. The van der Waals surface area contributed by atoms with E-state index >= 15 is 0 Å². The summed E-state index contributed by atoms with van der Waals surface area (Å²) in [5, 5.41) is 8.88. The molecule has 1 aliphatic heterocycles. The monoisotopic (exact) mass is 314 g/mol. The van der Waals surface area contributed by atoms with Crippen molar-refractivity contribution < 1.29 is 23.1 Å². The van der Waals surface area contributed by atoms with E-state index in [1.807, 2.05) is 0 Å². The molecule has 1 aromatic heterocycles. The van der Waals surface area contributed by atoms with Gasteiger partial charge in [-0.1, -0.05) is 0 Å². The molecule has 2 rings (SSSR count). The SMILES string of the molecule is CS(=O)(=O)N1CCCC(COc2cncc(C(=O)O)c2)C1. The van der Waals surface area contributed by atoms with Gasteiger partial charge in [-0.15, -0.1) is 0 Å². The van der Waals surface area contributed by atoms with Crippen molar-refractivity contribution in [3.05, 3.63) is 24.0 Å². The number of sulfonamides is 1. The molecule has 1 saturated heterocycles. The number of carboxylic acid groups (broad SMARTS) is 1. The standard InChI is InChI=1S/C13H18N2O5S/c1-21(18,19)15-4-2-3-10(8-15)9-20-12-5-11(13(16)17)6-14-7-12/h5-7,10H,2-4,8-9H2,1H3,(H,16,17). The Morgan fingerprint density at radius 2 is 2.29 bits per heavy atom. The highest BCUT2D eigenvalue weighted by molar-refractivity contribution is 7.88. The fourth-order valence-corrected chi connectivity index (χ4v) is 3.24. The van der Waals surface area contributed by atoms with Crippen molar-refractivity contribution in [3.63, 3.8) is 0 Å². The van der Waals surface area contributed by atoms with Crippen LogP contribution in [0.25, 0.3) is 0 Å². The van der Waals surface area contributed by atoms with Crippen LogP contribution in [0.5, 0.6) is 5.75 Å². The maximum atomic E-state index is 11.5. The molecule has 2 heterocycles. The lowest BCUT2D eigenvalue weighted by Gasteiger charge is -2.30. The van der Waals surface area contributed by atoms with E-state index in [0.717, 1.165) is 12.8 Å². The zero-order valence-corrected chi connectivity index (χ0v) is 12.5. The van der Waals surface area contributed by atoms with Gasteiger partial charge in [-0.05, 0) is 18.9 Å². The van der Waals surface area contributed by atoms with Crippen LogP contribution in [0.2, 0.25) is 0 Å². The van der Waals surface area contributed by atoms with Crippen LogP contribution in [0.1, 0.15) is 23.2 Å². The summed E-state index contributed by atoms with van der Waals surface area (Å²) in [6, 6.07) is 1.41. The Hall–Kier alpha value is -1.67. The number of hydrogen-bond donors (Lipinski definition) is 1. The highest BCUT2D eigenvalue weighted by Crippen LogP contribution is 2.20. The van der Waals surface area contributed by atoms with E-state index in [1.165, 1.54) is 29.0 Å². The summed E-state index contributed by atoms with van der Waals surface area (Å²) in [6.45, 7) is 1.33. The first kappa shape index (κ1) is 15.7. The molecule has 0 aliphatic carbocycles. The number of carboxylic acids is 1. The lowest BCUT2D eigenvalue weighted by molar-refractivity contribution is 0.0695. The van der Waals surface area contributed by atoms with E-state index < -0.39 is 16.0 Å². The summed E-state index contributed by atoms with van der Waals surface area (Å²) < 4.78 is 30.1. The van der Waals surface area contributed by atoms with Gasteiger partial charge in [0.2, 0.25) is 10.0 Å². The fourth-order valence-electron chi connectivity index (χ4n) is 2.29. The van der Waals surface area contributed by atoms with E-state index in [0.29, 0.717) is 25.4 Å². The molecule has 0 radical (unpaired) electrons. The largest absolute Gasteiger partial charge is 0.492 e. The maximum Gasteiger partial charge on any atom is 0.337 e. The average Bonchev–Trinajstić information content (AvgIpc) is 2.45. The molecule has 0 bridgehead atoms. The Bertz CT molecular complexity index is 617. The summed E-state index contributed by atoms with van der Waals surface area (Å²) in [4.78, 5) is 14.7. The summed E-state index contributed by atoms with van der Waals surface area (Å²) >= 11 is 0. The third kappa shape index (κ3) is 4.40. The molecule has 21 heavy (non-hydrogen) atoms. The van der Waals surface area contributed by atoms with E-state index in [4.69, 9.17) is 9.84 Å². The third-order valence-corrected chi connectivity index (χ3v) is 4.67. The number of piperidine rings is 1. The zero-order chi connectivity index (χ0) is 15.5. The molecule has 0 spiro atoms. The van der Waals surface area contributed by atoms with Gasteiger partial charge in [-0.2, -0.15) is 0 Å². The first-order valence-electron chi connectivity index (χ1n) is 6.62. The Morgan fingerprint density at radius 3 is 2.95 bits per heavy atom. The second kappa shape index (κ2) is 6.40. The fraction of sp³-hybridized carbons (Fsp3) is 0.538. The van der Waals surface area contributed by atoms with Crippen molar-refractivity contribution in [1.29, 1.82) is 0 Å². The van der Waals surface area contributed by atoms with E-state index in [-0.39, 0.29) is 11.5 Å². The minimum absolute atomic E-state index is 0.0638. The number of rotatable bonds is 5. The summed E-state index contributed by atoms with van der Waals surface area (Å²) in [5.41, 5.74) is 0.0638. The Labute approximate surface area is 123 Å². The van der Waals surface area contributed by atoms with Gasteiger partial charge < -0.3 is 9.84 Å². The topological polar surface area (TPSA) is 96.8 Å². The second-order valence-corrected chi connectivity index (χ2v) is 7.14. The van der Waals surface area contributed by atoms with Crippen LogP contribution in [0, 0.1) is 5.92 Å². The highest BCUT2D eigenvalue weighted by Gasteiger charge is 2.26. The third-order valence-electron chi connectivity index (χ3n) is 3.40. The van der Waals surface area contributed by atoms with Crippen LogP contribution >= 0.6 is 0 Å². The van der Waals surface area contributed by atoms with Crippen molar-refractivity contribution in [2.75, 3.05) is 26.0 Å². The lowest BCUT2D eigenvalue weighted by atomic mass is 10.0. The van der Waals surface area contributed by atoms with Crippen molar-refractivity contribution in [2.45, 2.75) is 12.8 Å². The minimum atomic E-state index is -3.17. The molecule has 1 unspecified atom stereocenters. The van der Waals surface area contributed by atoms with E-state index in [9.17, 15) is 13.2 Å². The van der Waals surface area contributed by atoms with Crippen molar-refractivity contribution in [2.24, 2.45) is 5.92 Å². The number of aromatic carboxylic acids is 1. The molecular formula is C13H18N2O5S. The molecule has 1 atom stereocenters. The lowest BCUT2D eigenvalue weighted by Crippen LogP contribution is -2.40. The summed E-state index contributed by atoms with van der Waals surface area (Å²) in [6.07, 6.45) is 5.59. The van der Waals surface area contributed by atoms with Crippen LogP contribution < -0.4 is 4.74 Å². The van der Waals surface area contributed by atoms with Gasteiger partial charge in [-0.25, -0.2) is 17.5 Å². The van der Waals surface area contributed by atoms with Gasteiger partial charge in [-0.3, -0.25) is 4.98 Å². The molecule has 1 N–H and O–H groups in total. The number of pyridine rings is 1. The van der Waals surface area contributed by atoms with Crippen LogP contribution in [0.4, 0.5) is 0 Å². The molecule has 0 aromatic carbocycles.